The van der Waals surface area contributed by atoms with Crippen molar-refractivity contribution in [3.05, 3.63) is 48.6 Å². The summed E-state index contributed by atoms with van der Waals surface area (Å²) in [4.78, 5) is 41.9. The molecule has 0 saturated heterocycles. The first kappa shape index (κ1) is 20.4. The van der Waals surface area contributed by atoms with Crippen molar-refractivity contribution < 1.29 is 56.7 Å². The Kier molecular flexibility index (Phi) is 6.70. The number of hydrogen-bond acceptors (Lipinski definition) is 4. The van der Waals surface area contributed by atoms with Crippen LogP contribution in [-0.2, 0) is 36.2 Å². The van der Waals surface area contributed by atoms with Crippen molar-refractivity contribution in [3.63, 3.8) is 0 Å². The summed E-state index contributed by atoms with van der Waals surface area (Å²) in [6, 6.07) is 0. The maximum absolute atomic E-state index is 10.5. The van der Waals surface area contributed by atoms with Crippen molar-refractivity contribution >= 4 is 23.9 Å². The smallest absolute Gasteiger partial charge is 0.328 e. The molecule has 0 aromatic heterocycles. The van der Waals surface area contributed by atoms with Crippen molar-refractivity contribution in [1.29, 1.82) is 0 Å². The summed E-state index contributed by atoms with van der Waals surface area (Å²) in [5.41, 5.74) is -3.67. The van der Waals surface area contributed by atoms with Crippen LogP contribution in [0.15, 0.2) is 48.6 Å². The topological polar surface area (TPSA) is 149 Å². The van der Waals surface area contributed by atoms with Crippen molar-refractivity contribution in [2.75, 3.05) is 0 Å². The Bertz CT molecular complexity index is 529. The molecule has 0 amide bonds. The van der Waals surface area contributed by atoms with Crippen LogP contribution in [0.5, 0.6) is 0 Å². The Morgan fingerprint density at radius 3 is 0.783 bits per heavy atom. The average Bonchev–Trinajstić information content (AvgIpc) is 3.10. The number of rotatable bonds is 4. The van der Waals surface area contributed by atoms with Gasteiger partial charge in [0.05, 0.1) is 0 Å². The first-order valence-corrected chi connectivity index (χ1v) is 5.87. The molecular weight excluding hydrogens is 352 g/mol. The van der Waals surface area contributed by atoms with Crippen molar-refractivity contribution in [2.45, 2.75) is 0 Å². The molecule has 0 bridgehead atoms. The van der Waals surface area contributed by atoms with E-state index in [1.165, 1.54) is 24.3 Å². The molecule has 0 unspecified atom stereocenters. The summed E-state index contributed by atoms with van der Waals surface area (Å²) < 4.78 is 0. The Balaban J connectivity index is 0.000000403. The Hall–Kier alpha value is -2.64. The second kappa shape index (κ2) is 7.57. The van der Waals surface area contributed by atoms with Gasteiger partial charge in [0.1, 0.15) is 0 Å². The van der Waals surface area contributed by atoms with E-state index in [0.29, 0.717) is 0 Å². The molecule has 0 atom stereocenters. The molecule has 0 spiro atoms. The minimum absolute atomic E-state index is 0. The fourth-order valence-electron chi connectivity index (χ4n) is 1.69. The standard InChI is InChI=1S/2C7H6O4.Fe/c2*8-5(9)7(6(10)11)3-1-2-4-7;/h2*1-4H,(H,8,9)(H,10,11);. The third-order valence-electron chi connectivity index (χ3n) is 3.07. The van der Waals surface area contributed by atoms with Gasteiger partial charge >= 0.3 is 23.9 Å². The molecule has 2 rings (SSSR count). The fraction of sp³-hybridized carbons (Fsp3) is 0.143. The van der Waals surface area contributed by atoms with Gasteiger partial charge in [0.2, 0.25) is 10.8 Å². The van der Waals surface area contributed by atoms with Crippen molar-refractivity contribution in [1.82, 2.24) is 0 Å². The van der Waals surface area contributed by atoms with Crippen LogP contribution in [-0.4, -0.2) is 44.3 Å². The molecule has 0 aromatic rings. The quantitative estimate of drug-likeness (QED) is 0.417. The second-order valence-corrected chi connectivity index (χ2v) is 4.40. The van der Waals surface area contributed by atoms with Gasteiger partial charge in [-0.1, -0.05) is 48.6 Å². The maximum Gasteiger partial charge on any atom is 0.328 e. The van der Waals surface area contributed by atoms with E-state index in [2.05, 4.69) is 0 Å². The molecule has 124 valence electrons. The fourth-order valence-corrected chi connectivity index (χ4v) is 1.69. The summed E-state index contributed by atoms with van der Waals surface area (Å²) in [7, 11) is 0. The largest absolute Gasteiger partial charge is 0.480 e. The minimum atomic E-state index is -1.83. The SMILES string of the molecule is O=C(O)C1(C(=O)O)C=CC=C1.O=C(O)C1(C(=O)O)C=CC=C1.[Fe]. The summed E-state index contributed by atoms with van der Waals surface area (Å²) in [5, 5.41) is 34.2. The van der Waals surface area contributed by atoms with E-state index in [4.69, 9.17) is 20.4 Å². The second-order valence-electron chi connectivity index (χ2n) is 4.40. The van der Waals surface area contributed by atoms with E-state index >= 15 is 0 Å². The molecule has 0 heterocycles. The molecule has 0 aromatic carbocycles. The van der Waals surface area contributed by atoms with Crippen LogP contribution in [0.25, 0.3) is 0 Å². The van der Waals surface area contributed by atoms with E-state index in [9.17, 15) is 19.2 Å². The molecule has 2 aliphatic rings. The number of hydrogen-bond donors (Lipinski definition) is 4. The molecule has 0 fully saturated rings. The number of carbonyl (C=O) groups is 4. The van der Waals surface area contributed by atoms with Gasteiger partial charge < -0.3 is 20.4 Å². The molecule has 2 aliphatic carbocycles. The predicted molar refractivity (Wildman–Crippen MR) is 72.0 cm³/mol. The molecular formula is C14H12FeO8. The van der Waals surface area contributed by atoms with E-state index in [0.717, 1.165) is 24.3 Å². The molecule has 9 heteroatoms. The van der Waals surface area contributed by atoms with Gasteiger partial charge in [0, 0.05) is 17.1 Å². The summed E-state index contributed by atoms with van der Waals surface area (Å²) >= 11 is 0. The average molecular weight is 364 g/mol. The molecule has 23 heavy (non-hydrogen) atoms. The Labute approximate surface area is 140 Å². The molecule has 4 N–H and O–H groups in total. The molecule has 0 radical (unpaired) electrons. The number of aliphatic carboxylic acids is 4. The predicted octanol–water partition coefficient (Wildman–Crippen LogP) is 0.533. The van der Waals surface area contributed by atoms with Gasteiger partial charge in [-0.05, 0) is 0 Å². The third-order valence-corrected chi connectivity index (χ3v) is 3.07. The van der Waals surface area contributed by atoms with Crippen LogP contribution in [0.2, 0.25) is 0 Å². The van der Waals surface area contributed by atoms with Crippen LogP contribution in [0.4, 0.5) is 0 Å². The van der Waals surface area contributed by atoms with Gasteiger partial charge in [-0.15, -0.1) is 0 Å². The van der Waals surface area contributed by atoms with E-state index in [1.54, 1.807) is 0 Å². The van der Waals surface area contributed by atoms with Gasteiger partial charge in [-0.2, -0.15) is 0 Å². The maximum atomic E-state index is 10.5. The van der Waals surface area contributed by atoms with Gasteiger partial charge in [0.25, 0.3) is 0 Å². The van der Waals surface area contributed by atoms with Gasteiger partial charge in [0.15, 0.2) is 0 Å². The van der Waals surface area contributed by atoms with Crippen molar-refractivity contribution in [3.8, 4) is 0 Å². The van der Waals surface area contributed by atoms with Crippen LogP contribution in [0.1, 0.15) is 0 Å². The van der Waals surface area contributed by atoms with Crippen LogP contribution in [0, 0.1) is 10.8 Å². The van der Waals surface area contributed by atoms with E-state index in [-0.39, 0.29) is 17.1 Å². The number of allylic oxidation sites excluding steroid dienone is 4. The summed E-state index contributed by atoms with van der Waals surface area (Å²) in [6.07, 6.45) is 10.2. The minimum Gasteiger partial charge on any atom is -0.480 e. The zero-order valence-electron chi connectivity index (χ0n) is 11.4. The van der Waals surface area contributed by atoms with E-state index < -0.39 is 34.7 Å². The Morgan fingerprint density at radius 2 is 0.696 bits per heavy atom. The van der Waals surface area contributed by atoms with E-state index in [1.807, 2.05) is 0 Å². The number of carboxylic acids is 4. The van der Waals surface area contributed by atoms with Crippen LogP contribution < -0.4 is 0 Å². The number of carboxylic acid groups (broad SMARTS) is 4. The molecule has 0 saturated carbocycles. The molecule has 0 aliphatic heterocycles. The van der Waals surface area contributed by atoms with Crippen LogP contribution in [0.3, 0.4) is 0 Å². The first-order chi connectivity index (χ1) is 10.2. The zero-order valence-corrected chi connectivity index (χ0v) is 12.5. The summed E-state index contributed by atoms with van der Waals surface area (Å²) in [5.74, 6) is -5.46. The first-order valence-electron chi connectivity index (χ1n) is 5.87. The monoisotopic (exact) mass is 364 g/mol. The zero-order chi connectivity index (χ0) is 17.0. The van der Waals surface area contributed by atoms with Crippen LogP contribution >= 0.6 is 0 Å². The van der Waals surface area contributed by atoms with Crippen molar-refractivity contribution in [2.24, 2.45) is 10.8 Å². The third kappa shape index (κ3) is 3.77. The molecule has 8 nitrogen and oxygen atoms in total. The van der Waals surface area contributed by atoms with Gasteiger partial charge in [-0.3, -0.25) is 19.2 Å². The summed E-state index contributed by atoms with van der Waals surface area (Å²) in [6.45, 7) is 0. The Morgan fingerprint density at radius 1 is 0.522 bits per heavy atom. The van der Waals surface area contributed by atoms with Gasteiger partial charge in [-0.25, -0.2) is 0 Å². The normalized spacial score (nSPS) is 17.7.